The van der Waals surface area contributed by atoms with Crippen molar-refractivity contribution in [2.75, 3.05) is 5.75 Å². The van der Waals surface area contributed by atoms with E-state index >= 15 is 0 Å². The lowest BCUT2D eigenvalue weighted by Gasteiger charge is -2.28. The smallest absolute Gasteiger partial charge is 0.222 e. The van der Waals surface area contributed by atoms with Crippen LogP contribution in [-0.4, -0.2) is 25.2 Å². The van der Waals surface area contributed by atoms with Crippen molar-refractivity contribution in [1.29, 1.82) is 0 Å². The molecule has 2 aromatic carbocycles. The molecule has 0 radical (unpaired) electrons. The maximum Gasteiger partial charge on any atom is 0.222 e. The molecule has 0 fully saturated rings. The molecule has 9 heteroatoms. The summed E-state index contributed by atoms with van der Waals surface area (Å²) in [4.78, 5) is 4.53. The molecule has 0 saturated carbocycles. The zero-order chi connectivity index (χ0) is 21.6. The highest BCUT2D eigenvalue weighted by Gasteiger charge is 2.31. The van der Waals surface area contributed by atoms with Crippen molar-refractivity contribution in [2.45, 2.75) is 36.6 Å². The van der Waals surface area contributed by atoms with Crippen LogP contribution >= 0.6 is 0 Å². The minimum atomic E-state index is -3.38. The highest BCUT2D eigenvalue weighted by Crippen LogP contribution is 2.38. The average molecular weight is 436 g/mol. The number of hydrogen-bond acceptors (Lipinski definition) is 5. The number of nitrogens with zero attached hydrogens (tertiary/aromatic N) is 1. The molecular formula is C21H19F3N2O3S. The Morgan fingerprint density at radius 2 is 1.87 bits per heavy atom. The van der Waals surface area contributed by atoms with E-state index in [-0.39, 0.29) is 34.9 Å². The highest BCUT2D eigenvalue weighted by molar-refractivity contribution is 7.91. The number of oxazole rings is 1. The molecule has 4 rings (SSSR count). The van der Waals surface area contributed by atoms with Crippen LogP contribution in [0.1, 0.15) is 37.1 Å². The Balaban J connectivity index is 1.66. The van der Waals surface area contributed by atoms with Gasteiger partial charge in [-0.25, -0.2) is 26.6 Å². The molecule has 1 aliphatic rings. The molecule has 0 saturated heterocycles. The molecule has 0 amide bonds. The first-order valence-electron chi connectivity index (χ1n) is 9.42. The first-order valence-corrected chi connectivity index (χ1v) is 11.1. The van der Waals surface area contributed by atoms with E-state index in [1.54, 1.807) is 19.1 Å². The number of benzene rings is 2. The number of sulfone groups is 1. The van der Waals surface area contributed by atoms with Crippen LogP contribution in [-0.2, 0) is 9.84 Å². The fourth-order valence-corrected chi connectivity index (χ4v) is 4.64. The summed E-state index contributed by atoms with van der Waals surface area (Å²) in [5.74, 6) is -3.30. The van der Waals surface area contributed by atoms with Gasteiger partial charge in [-0.05, 0) is 31.0 Å². The summed E-state index contributed by atoms with van der Waals surface area (Å²) < 4.78 is 71.4. The van der Waals surface area contributed by atoms with Crippen LogP contribution in [0.2, 0.25) is 0 Å². The average Bonchev–Trinajstić information content (AvgIpc) is 3.11. The van der Waals surface area contributed by atoms with Crippen LogP contribution in [0.15, 0.2) is 45.7 Å². The first kappa shape index (κ1) is 20.6. The molecule has 3 aromatic rings. The first-order chi connectivity index (χ1) is 14.2. The SMILES string of the molecule is CCS(=O)(=O)c1ccc2oc(C3=CC[C@H](c4c(F)cc(F)cc4F)[C@@H](N)C3)nc2c1. The molecule has 158 valence electrons. The second-order valence-electron chi connectivity index (χ2n) is 7.27. The normalized spacial score (nSPS) is 19.8. The summed E-state index contributed by atoms with van der Waals surface area (Å²) in [6, 6.07) is 5.12. The Morgan fingerprint density at radius 3 is 2.50 bits per heavy atom. The van der Waals surface area contributed by atoms with E-state index in [9.17, 15) is 21.6 Å². The van der Waals surface area contributed by atoms with Crippen molar-refractivity contribution < 1.29 is 26.0 Å². The van der Waals surface area contributed by atoms with Crippen LogP contribution in [0.25, 0.3) is 16.7 Å². The van der Waals surface area contributed by atoms with Gasteiger partial charge in [-0.2, -0.15) is 0 Å². The monoisotopic (exact) mass is 436 g/mol. The van der Waals surface area contributed by atoms with E-state index in [1.807, 2.05) is 0 Å². The molecule has 1 aliphatic carbocycles. The van der Waals surface area contributed by atoms with E-state index in [1.165, 1.54) is 12.1 Å². The standard InChI is InChI=1S/C21H19F3N2O3S/c1-2-30(27,28)13-4-6-19-18(10-13)26-21(29-19)11-3-5-14(17(25)7-11)20-15(23)8-12(22)9-16(20)24/h3-4,6,8-10,14,17H,2,5,7,25H2,1H3/t14-,17-/m0/s1. The number of fused-ring (bicyclic) bond motifs is 1. The Labute approximate surface area is 171 Å². The maximum absolute atomic E-state index is 14.2. The van der Waals surface area contributed by atoms with Crippen molar-refractivity contribution in [3.05, 3.63) is 65.3 Å². The number of halogens is 3. The Kier molecular flexibility index (Phi) is 5.19. The van der Waals surface area contributed by atoms with Gasteiger partial charge in [0.25, 0.3) is 0 Å². The summed E-state index contributed by atoms with van der Waals surface area (Å²) in [5, 5.41) is 0. The third-order valence-corrected chi connectivity index (χ3v) is 7.11. The van der Waals surface area contributed by atoms with Gasteiger partial charge < -0.3 is 10.2 Å². The number of allylic oxidation sites excluding steroid dienone is 1. The van der Waals surface area contributed by atoms with Gasteiger partial charge in [0.2, 0.25) is 5.89 Å². The molecule has 30 heavy (non-hydrogen) atoms. The predicted molar refractivity (Wildman–Crippen MR) is 106 cm³/mol. The van der Waals surface area contributed by atoms with Crippen LogP contribution < -0.4 is 5.73 Å². The van der Waals surface area contributed by atoms with Crippen LogP contribution in [0.5, 0.6) is 0 Å². The minimum Gasteiger partial charge on any atom is -0.436 e. The summed E-state index contributed by atoms with van der Waals surface area (Å²) in [7, 11) is -3.38. The lowest BCUT2D eigenvalue weighted by atomic mass is 9.80. The van der Waals surface area contributed by atoms with Gasteiger partial charge in [0.15, 0.2) is 15.4 Å². The minimum absolute atomic E-state index is 0.0267. The van der Waals surface area contributed by atoms with Crippen LogP contribution in [0.4, 0.5) is 13.2 Å². The molecular weight excluding hydrogens is 417 g/mol. The van der Waals surface area contributed by atoms with Crippen LogP contribution in [0, 0.1) is 17.5 Å². The summed E-state index contributed by atoms with van der Waals surface area (Å²) in [5.41, 5.74) is 7.44. The molecule has 2 N–H and O–H groups in total. The Hall–Kier alpha value is -2.65. The maximum atomic E-state index is 14.2. The zero-order valence-electron chi connectivity index (χ0n) is 16.0. The van der Waals surface area contributed by atoms with Crippen molar-refractivity contribution in [3.63, 3.8) is 0 Å². The topological polar surface area (TPSA) is 86.2 Å². The van der Waals surface area contributed by atoms with Crippen molar-refractivity contribution in [1.82, 2.24) is 4.98 Å². The van der Waals surface area contributed by atoms with Gasteiger partial charge in [-0.1, -0.05) is 13.0 Å². The highest BCUT2D eigenvalue weighted by atomic mass is 32.2. The van der Waals surface area contributed by atoms with Gasteiger partial charge in [0, 0.05) is 35.2 Å². The number of aromatic nitrogens is 1. The van der Waals surface area contributed by atoms with Gasteiger partial charge in [0.05, 0.1) is 10.6 Å². The molecule has 5 nitrogen and oxygen atoms in total. The Morgan fingerprint density at radius 1 is 1.17 bits per heavy atom. The van der Waals surface area contributed by atoms with E-state index < -0.39 is 39.2 Å². The lowest BCUT2D eigenvalue weighted by molar-refractivity contribution is 0.452. The van der Waals surface area contributed by atoms with Gasteiger partial charge in [-0.15, -0.1) is 0 Å². The van der Waals surface area contributed by atoms with Crippen LogP contribution in [0.3, 0.4) is 0 Å². The predicted octanol–water partition coefficient (Wildman–Crippen LogP) is 4.33. The van der Waals surface area contributed by atoms with Gasteiger partial charge in [0.1, 0.15) is 23.0 Å². The van der Waals surface area contributed by atoms with E-state index in [2.05, 4.69) is 4.98 Å². The molecule has 1 heterocycles. The second-order valence-corrected chi connectivity index (χ2v) is 9.55. The summed E-state index contributed by atoms with van der Waals surface area (Å²) >= 11 is 0. The van der Waals surface area contributed by atoms with Crippen molar-refractivity contribution >= 4 is 26.5 Å². The van der Waals surface area contributed by atoms with Crippen molar-refractivity contribution in [3.8, 4) is 0 Å². The van der Waals surface area contributed by atoms with E-state index in [0.717, 1.165) is 0 Å². The second kappa shape index (κ2) is 7.55. The van der Waals surface area contributed by atoms with Gasteiger partial charge >= 0.3 is 0 Å². The molecule has 0 bridgehead atoms. The summed E-state index contributed by atoms with van der Waals surface area (Å²) in [6.45, 7) is 1.56. The zero-order valence-corrected chi connectivity index (χ0v) is 16.8. The third-order valence-electron chi connectivity index (χ3n) is 5.38. The molecule has 2 atom stereocenters. The largest absolute Gasteiger partial charge is 0.436 e. The molecule has 0 spiro atoms. The lowest BCUT2D eigenvalue weighted by Crippen LogP contribution is -2.32. The number of hydrogen-bond donors (Lipinski definition) is 1. The number of rotatable bonds is 4. The van der Waals surface area contributed by atoms with Crippen molar-refractivity contribution in [2.24, 2.45) is 5.73 Å². The Bertz CT molecular complexity index is 1240. The third kappa shape index (κ3) is 3.63. The van der Waals surface area contributed by atoms with Gasteiger partial charge in [-0.3, -0.25) is 0 Å². The van der Waals surface area contributed by atoms with E-state index in [4.69, 9.17) is 10.2 Å². The fraction of sp³-hybridized carbons (Fsp3) is 0.286. The number of nitrogens with two attached hydrogens (primary N) is 1. The molecule has 1 aromatic heterocycles. The fourth-order valence-electron chi connectivity index (χ4n) is 3.74. The summed E-state index contributed by atoms with van der Waals surface area (Å²) in [6.07, 6.45) is 2.21. The quantitative estimate of drug-likeness (QED) is 0.658. The molecule has 0 unspecified atom stereocenters. The van der Waals surface area contributed by atoms with E-state index in [0.29, 0.717) is 28.8 Å². The molecule has 0 aliphatic heterocycles.